The Balaban J connectivity index is 1.82. The molecule has 0 saturated carbocycles. The maximum absolute atomic E-state index is 14.5. The number of aryl methyl sites for hydroxylation is 2. The van der Waals surface area contributed by atoms with Crippen LogP contribution < -0.4 is 0 Å². The van der Waals surface area contributed by atoms with Gasteiger partial charge in [0.25, 0.3) is 0 Å². The average Bonchev–Trinajstić information content (AvgIpc) is 2.74. The molecule has 0 bridgehead atoms. The number of rotatable bonds is 5. The first-order chi connectivity index (χ1) is 14.0. The van der Waals surface area contributed by atoms with Crippen molar-refractivity contribution in [2.24, 2.45) is 0 Å². The topological polar surface area (TPSA) is 0 Å². The van der Waals surface area contributed by atoms with Crippen molar-refractivity contribution in [3.05, 3.63) is 94.3 Å². The van der Waals surface area contributed by atoms with Gasteiger partial charge in [-0.2, -0.15) is 0 Å². The van der Waals surface area contributed by atoms with Crippen LogP contribution in [-0.4, -0.2) is 0 Å². The van der Waals surface area contributed by atoms with E-state index < -0.39 is 11.6 Å². The molecule has 0 amide bonds. The smallest absolute Gasteiger partial charge is 0.166 e. The summed E-state index contributed by atoms with van der Waals surface area (Å²) in [6.07, 6.45) is 3.05. The summed E-state index contributed by atoms with van der Waals surface area (Å²) >= 11 is 0. The van der Waals surface area contributed by atoms with Crippen molar-refractivity contribution in [1.82, 2.24) is 0 Å². The fourth-order valence-electron chi connectivity index (χ4n) is 3.13. The predicted molar refractivity (Wildman–Crippen MR) is 112 cm³/mol. The van der Waals surface area contributed by atoms with Crippen LogP contribution in [0.3, 0.4) is 0 Å². The third-order valence-electron chi connectivity index (χ3n) is 4.94. The molecule has 0 heterocycles. The van der Waals surface area contributed by atoms with Crippen LogP contribution in [-0.2, 0) is 12.8 Å². The molecule has 0 fully saturated rings. The maximum atomic E-state index is 14.5. The molecule has 29 heavy (non-hydrogen) atoms. The predicted octanol–water partition coefficient (Wildman–Crippen LogP) is 7.08. The van der Waals surface area contributed by atoms with E-state index in [1.807, 2.05) is 19.9 Å². The molecule has 3 aromatic rings. The van der Waals surface area contributed by atoms with Crippen molar-refractivity contribution < 1.29 is 13.2 Å². The SMILES string of the molecule is CCCCc1ccc(-c2ccc(C#Cc3ccc(CC)cc3F)cc2)c(F)c1F. The highest BCUT2D eigenvalue weighted by atomic mass is 19.2. The zero-order valence-corrected chi connectivity index (χ0v) is 16.7. The van der Waals surface area contributed by atoms with Crippen LogP contribution in [0.15, 0.2) is 54.6 Å². The Morgan fingerprint density at radius 2 is 1.55 bits per heavy atom. The summed E-state index contributed by atoms with van der Waals surface area (Å²) in [5.74, 6) is 3.81. The fourth-order valence-corrected chi connectivity index (χ4v) is 3.13. The van der Waals surface area contributed by atoms with Crippen LogP contribution in [0.1, 0.15) is 48.9 Å². The Kier molecular flexibility index (Phi) is 6.77. The first-order valence-corrected chi connectivity index (χ1v) is 9.91. The number of hydrogen-bond donors (Lipinski definition) is 0. The lowest BCUT2D eigenvalue weighted by atomic mass is 9.99. The van der Waals surface area contributed by atoms with Crippen LogP contribution in [0.5, 0.6) is 0 Å². The quantitative estimate of drug-likeness (QED) is 0.407. The Labute approximate surface area is 170 Å². The summed E-state index contributed by atoms with van der Waals surface area (Å²) in [6, 6.07) is 15.1. The van der Waals surface area contributed by atoms with Crippen molar-refractivity contribution in [2.75, 3.05) is 0 Å². The number of benzene rings is 3. The van der Waals surface area contributed by atoms with Crippen molar-refractivity contribution in [1.29, 1.82) is 0 Å². The minimum Gasteiger partial charge on any atom is -0.206 e. The minimum absolute atomic E-state index is 0.225. The zero-order valence-electron chi connectivity index (χ0n) is 16.7. The minimum atomic E-state index is -0.824. The molecule has 0 N–H and O–H groups in total. The van der Waals surface area contributed by atoms with Gasteiger partial charge in [0, 0.05) is 11.1 Å². The van der Waals surface area contributed by atoms with E-state index in [9.17, 15) is 13.2 Å². The maximum Gasteiger partial charge on any atom is 0.166 e. The van der Waals surface area contributed by atoms with Gasteiger partial charge in [0.15, 0.2) is 11.6 Å². The highest BCUT2D eigenvalue weighted by Gasteiger charge is 2.14. The molecule has 148 valence electrons. The van der Waals surface area contributed by atoms with E-state index in [-0.39, 0.29) is 11.4 Å². The largest absolute Gasteiger partial charge is 0.206 e. The van der Waals surface area contributed by atoms with Crippen molar-refractivity contribution >= 4 is 0 Å². The van der Waals surface area contributed by atoms with E-state index in [1.54, 1.807) is 42.5 Å². The summed E-state index contributed by atoms with van der Waals surface area (Å²) < 4.78 is 42.9. The van der Waals surface area contributed by atoms with Crippen LogP contribution >= 0.6 is 0 Å². The van der Waals surface area contributed by atoms with Gasteiger partial charge in [-0.15, -0.1) is 0 Å². The van der Waals surface area contributed by atoms with Crippen molar-refractivity contribution in [2.45, 2.75) is 39.5 Å². The first-order valence-electron chi connectivity index (χ1n) is 9.91. The molecule has 0 unspecified atom stereocenters. The van der Waals surface area contributed by atoms with E-state index in [2.05, 4.69) is 11.8 Å². The van der Waals surface area contributed by atoms with Crippen LogP contribution in [0.2, 0.25) is 0 Å². The van der Waals surface area contributed by atoms with Gasteiger partial charge < -0.3 is 0 Å². The molecule has 0 aliphatic heterocycles. The lowest BCUT2D eigenvalue weighted by Crippen LogP contribution is -1.97. The van der Waals surface area contributed by atoms with Gasteiger partial charge in [0.1, 0.15) is 5.82 Å². The molecule has 3 aromatic carbocycles. The Morgan fingerprint density at radius 3 is 2.21 bits per heavy atom. The van der Waals surface area contributed by atoms with Gasteiger partial charge in [-0.05, 0) is 60.2 Å². The van der Waals surface area contributed by atoms with E-state index in [1.165, 1.54) is 6.07 Å². The second kappa shape index (κ2) is 9.47. The van der Waals surface area contributed by atoms with E-state index in [0.29, 0.717) is 28.7 Å². The number of hydrogen-bond acceptors (Lipinski definition) is 0. The van der Waals surface area contributed by atoms with Crippen LogP contribution in [0.25, 0.3) is 11.1 Å². The van der Waals surface area contributed by atoms with Crippen molar-refractivity contribution in [3.8, 4) is 23.0 Å². The third-order valence-corrected chi connectivity index (χ3v) is 4.94. The Morgan fingerprint density at radius 1 is 0.793 bits per heavy atom. The summed E-state index contributed by atoms with van der Waals surface area (Å²) in [5, 5.41) is 0. The molecule has 0 aliphatic rings. The monoisotopic (exact) mass is 392 g/mol. The van der Waals surface area contributed by atoms with E-state index in [4.69, 9.17) is 0 Å². The molecule has 3 heteroatoms. The molecule has 0 spiro atoms. The number of halogens is 3. The van der Waals surface area contributed by atoms with Gasteiger partial charge in [-0.25, -0.2) is 13.2 Å². The molecule has 0 nitrogen and oxygen atoms in total. The summed E-state index contributed by atoms with van der Waals surface area (Å²) in [4.78, 5) is 0. The average molecular weight is 392 g/mol. The fraction of sp³-hybridized carbons (Fsp3) is 0.231. The van der Waals surface area contributed by atoms with Gasteiger partial charge >= 0.3 is 0 Å². The Hall–Kier alpha value is -2.99. The molecule has 0 aliphatic carbocycles. The van der Waals surface area contributed by atoms with Gasteiger partial charge in [0.2, 0.25) is 0 Å². The molecular weight excluding hydrogens is 369 g/mol. The van der Waals surface area contributed by atoms with Gasteiger partial charge in [0.05, 0.1) is 5.56 Å². The van der Waals surface area contributed by atoms with E-state index in [0.717, 1.165) is 24.8 Å². The second-order valence-electron chi connectivity index (χ2n) is 7.00. The van der Waals surface area contributed by atoms with E-state index >= 15 is 0 Å². The first kappa shape index (κ1) is 20.7. The second-order valence-corrected chi connectivity index (χ2v) is 7.00. The standard InChI is InChI=1S/C26H23F3/c1-3-5-6-22-15-16-23(26(29)25(22)28)20-11-8-19(9-12-20)10-14-21-13-7-18(4-2)17-24(21)27/h7-9,11-13,15-17H,3-6H2,1-2H3. The molecule has 0 aromatic heterocycles. The lowest BCUT2D eigenvalue weighted by molar-refractivity contribution is 0.499. The summed E-state index contributed by atoms with van der Waals surface area (Å²) in [5.41, 5.74) is 3.14. The highest BCUT2D eigenvalue weighted by Crippen LogP contribution is 2.27. The molecule has 0 atom stereocenters. The molecule has 3 rings (SSSR count). The Bertz CT molecular complexity index is 1050. The normalized spacial score (nSPS) is 10.5. The summed E-state index contributed by atoms with van der Waals surface area (Å²) in [7, 11) is 0. The molecule has 0 saturated heterocycles. The molecule has 0 radical (unpaired) electrons. The molecular formula is C26H23F3. The zero-order chi connectivity index (χ0) is 20.8. The lowest BCUT2D eigenvalue weighted by Gasteiger charge is -2.09. The third kappa shape index (κ3) is 4.90. The highest BCUT2D eigenvalue weighted by molar-refractivity contribution is 5.66. The summed E-state index contributed by atoms with van der Waals surface area (Å²) in [6.45, 7) is 3.98. The van der Waals surface area contributed by atoms with Gasteiger partial charge in [-0.1, -0.05) is 62.4 Å². The van der Waals surface area contributed by atoms with Crippen molar-refractivity contribution in [3.63, 3.8) is 0 Å². The number of unbranched alkanes of at least 4 members (excludes halogenated alkanes) is 1. The van der Waals surface area contributed by atoms with Crippen LogP contribution in [0, 0.1) is 29.3 Å². The van der Waals surface area contributed by atoms with Crippen LogP contribution in [0.4, 0.5) is 13.2 Å². The van der Waals surface area contributed by atoms with Gasteiger partial charge in [-0.3, -0.25) is 0 Å².